The molecule has 0 bridgehead atoms. The highest BCUT2D eigenvalue weighted by Gasteiger charge is 2.43. The number of nitrogens with one attached hydrogen (secondary N) is 1. The maximum Gasteiger partial charge on any atom is 0.122 e. The normalized spacial score (nSPS) is 24.6. The molecule has 0 radical (unpaired) electrons. The van der Waals surface area contributed by atoms with Crippen LogP contribution in [0.4, 0.5) is 0 Å². The van der Waals surface area contributed by atoms with E-state index in [0.717, 1.165) is 31.4 Å². The minimum Gasteiger partial charge on any atom is -0.493 e. The van der Waals surface area contributed by atoms with E-state index in [-0.39, 0.29) is 0 Å². The molecule has 1 N–H and O–H groups in total. The molecule has 104 valence electrons. The third kappa shape index (κ3) is 2.64. The first-order valence-electron chi connectivity index (χ1n) is 7.65. The molecule has 1 fully saturated rings. The van der Waals surface area contributed by atoms with Crippen molar-refractivity contribution in [2.45, 2.75) is 39.0 Å². The summed E-state index contributed by atoms with van der Waals surface area (Å²) >= 11 is 0. The molecule has 2 nitrogen and oxygen atoms in total. The second-order valence-electron chi connectivity index (χ2n) is 6.46. The van der Waals surface area contributed by atoms with Gasteiger partial charge in [0.2, 0.25) is 0 Å². The fourth-order valence-electron chi connectivity index (χ4n) is 3.54. The van der Waals surface area contributed by atoms with Gasteiger partial charge in [-0.05, 0) is 43.2 Å². The zero-order chi connectivity index (χ0) is 13.3. The van der Waals surface area contributed by atoms with Crippen LogP contribution in [-0.2, 0) is 0 Å². The number of rotatable bonds is 6. The van der Waals surface area contributed by atoms with Crippen LogP contribution < -0.4 is 10.1 Å². The summed E-state index contributed by atoms with van der Waals surface area (Å²) in [6.45, 7) is 7.75. The minimum atomic E-state index is 0.432. The quantitative estimate of drug-likeness (QED) is 0.843. The number of hydrogen-bond acceptors (Lipinski definition) is 2. The Bertz CT molecular complexity index is 441. The van der Waals surface area contributed by atoms with Crippen molar-refractivity contribution in [1.82, 2.24) is 5.32 Å². The topological polar surface area (TPSA) is 21.3 Å². The molecular formula is C17H25NO. The summed E-state index contributed by atoms with van der Waals surface area (Å²) in [4.78, 5) is 0. The van der Waals surface area contributed by atoms with Crippen molar-refractivity contribution in [3.63, 3.8) is 0 Å². The Hall–Kier alpha value is -1.02. The molecule has 19 heavy (non-hydrogen) atoms. The van der Waals surface area contributed by atoms with E-state index < -0.39 is 0 Å². The summed E-state index contributed by atoms with van der Waals surface area (Å²) < 4.78 is 5.84. The Labute approximate surface area is 116 Å². The highest BCUT2D eigenvalue weighted by Crippen LogP contribution is 2.51. The van der Waals surface area contributed by atoms with Crippen LogP contribution in [0, 0.1) is 11.3 Å². The number of ether oxygens (including phenoxy) is 1. The van der Waals surface area contributed by atoms with Crippen molar-refractivity contribution >= 4 is 0 Å². The van der Waals surface area contributed by atoms with Crippen LogP contribution in [0.1, 0.15) is 44.6 Å². The van der Waals surface area contributed by atoms with Gasteiger partial charge in [0.25, 0.3) is 0 Å². The smallest absolute Gasteiger partial charge is 0.122 e. The van der Waals surface area contributed by atoms with E-state index in [9.17, 15) is 0 Å². The van der Waals surface area contributed by atoms with Gasteiger partial charge in [-0.1, -0.05) is 32.0 Å². The summed E-state index contributed by atoms with van der Waals surface area (Å²) in [6.07, 6.45) is 4.08. The summed E-state index contributed by atoms with van der Waals surface area (Å²) in [6, 6.07) is 8.56. The van der Waals surface area contributed by atoms with E-state index in [0.29, 0.717) is 11.3 Å². The van der Waals surface area contributed by atoms with Gasteiger partial charge in [-0.15, -0.1) is 0 Å². The van der Waals surface area contributed by atoms with Crippen molar-refractivity contribution in [3.8, 4) is 5.75 Å². The van der Waals surface area contributed by atoms with Crippen LogP contribution >= 0.6 is 0 Å². The molecule has 2 heteroatoms. The van der Waals surface area contributed by atoms with Gasteiger partial charge < -0.3 is 10.1 Å². The molecule has 3 rings (SSSR count). The molecule has 0 aromatic heterocycles. The maximum absolute atomic E-state index is 5.84. The first-order chi connectivity index (χ1) is 9.23. The van der Waals surface area contributed by atoms with Crippen LogP contribution in [0.15, 0.2) is 24.3 Å². The molecule has 0 saturated heterocycles. The zero-order valence-electron chi connectivity index (χ0n) is 12.1. The second-order valence-corrected chi connectivity index (χ2v) is 6.46. The van der Waals surface area contributed by atoms with E-state index in [4.69, 9.17) is 4.74 Å². The second kappa shape index (κ2) is 5.16. The molecule has 0 spiro atoms. The zero-order valence-corrected chi connectivity index (χ0v) is 12.1. The standard InChI is InChI=1S/C17H25NO/c1-3-18-12-17(2,14-8-9-14)10-13-11-19-16-7-5-4-6-15(13)16/h4-7,13-14,18H,3,8-12H2,1-2H3. The molecule has 2 aliphatic rings. The van der Waals surface area contributed by atoms with E-state index >= 15 is 0 Å². The largest absolute Gasteiger partial charge is 0.493 e. The van der Waals surface area contributed by atoms with Crippen molar-refractivity contribution in [2.75, 3.05) is 19.7 Å². The molecule has 2 atom stereocenters. The first-order valence-corrected chi connectivity index (χ1v) is 7.65. The molecule has 1 aliphatic heterocycles. The third-order valence-corrected chi connectivity index (χ3v) is 4.85. The van der Waals surface area contributed by atoms with Gasteiger partial charge in [0.15, 0.2) is 0 Å². The van der Waals surface area contributed by atoms with Gasteiger partial charge in [-0.2, -0.15) is 0 Å². The Morgan fingerprint density at radius 3 is 2.84 bits per heavy atom. The molecule has 0 amide bonds. The average molecular weight is 259 g/mol. The fraction of sp³-hybridized carbons (Fsp3) is 0.647. The highest BCUT2D eigenvalue weighted by atomic mass is 16.5. The van der Waals surface area contributed by atoms with E-state index in [2.05, 4.69) is 43.4 Å². The lowest BCUT2D eigenvalue weighted by molar-refractivity contribution is 0.202. The van der Waals surface area contributed by atoms with Crippen LogP contribution in [0.5, 0.6) is 5.75 Å². The van der Waals surface area contributed by atoms with Gasteiger partial charge in [-0.3, -0.25) is 0 Å². The fourth-order valence-corrected chi connectivity index (χ4v) is 3.54. The number of benzene rings is 1. The van der Waals surface area contributed by atoms with E-state index in [1.54, 1.807) is 0 Å². The number of para-hydroxylation sites is 1. The van der Waals surface area contributed by atoms with Crippen molar-refractivity contribution in [3.05, 3.63) is 29.8 Å². The van der Waals surface area contributed by atoms with Gasteiger partial charge in [0, 0.05) is 18.0 Å². The van der Waals surface area contributed by atoms with Crippen LogP contribution in [-0.4, -0.2) is 19.7 Å². The summed E-state index contributed by atoms with van der Waals surface area (Å²) in [5.74, 6) is 2.61. The molecule has 1 saturated carbocycles. The predicted molar refractivity (Wildman–Crippen MR) is 78.7 cm³/mol. The summed E-state index contributed by atoms with van der Waals surface area (Å²) in [5.41, 5.74) is 1.85. The molecule has 2 unspecified atom stereocenters. The third-order valence-electron chi connectivity index (χ3n) is 4.85. The molecule has 1 aromatic carbocycles. The SMILES string of the molecule is CCNCC(C)(CC1COc2ccccc21)C1CC1. The number of hydrogen-bond donors (Lipinski definition) is 1. The molecule has 1 heterocycles. The van der Waals surface area contributed by atoms with Crippen molar-refractivity contribution in [2.24, 2.45) is 11.3 Å². The van der Waals surface area contributed by atoms with Crippen molar-refractivity contribution < 1.29 is 4.74 Å². The first kappa shape index (κ1) is 13.0. The van der Waals surface area contributed by atoms with E-state index in [1.165, 1.54) is 24.8 Å². The molecular weight excluding hydrogens is 234 g/mol. The maximum atomic E-state index is 5.84. The Morgan fingerprint density at radius 2 is 2.11 bits per heavy atom. The molecule has 1 aromatic rings. The monoisotopic (exact) mass is 259 g/mol. The predicted octanol–water partition coefficient (Wildman–Crippen LogP) is 3.58. The van der Waals surface area contributed by atoms with Crippen molar-refractivity contribution in [1.29, 1.82) is 0 Å². The Balaban J connectivity index is 1.73. The highest BCUT2D eigenvalue weighted by molar-refractivity contribution is 5.39. The van der Waals surface area contributed by atoms with Gasteiger partial charge in [0.05, 0.1) is 6.61 Å². The van der Waals surface area contributed by atoms with Gasteiger partial charge in [-0.25, -0.2) is 0 Å². The summed E-state index contributed by atoms with van der Waals surface area (Å²) in [7, 11) is 0. The van der Waals surface area contributed by atoms with Gasteiger partial charge in [0.1, 0.15) is 5.75 Å². The Kier molecular flexibility index (Phi) is 3.53. The number of fused-ring (bicyclic) bond motifs is 1. The lowest BCUT2D eigenvalue weighted by atomic mass is 9.75. The lowest BCUT2D eigenvalue weighted by Crippen LogP contribution is -2.35. The van der Waals surface area contributed by atoms with Gasteiger partial charge >= 0.3 is 0 Å². The lowest BCUT2D eigenvalue weighted by Gasteiger charge is -2.32. The Morgan fingerprint density at radius 1 is 1.32 bits per heavy atom. The van der Waals surface area contributed by atoms with Crippen LogP contribution in [0.3, 0.4) is 0 Å². The molecule has 1 aliphatic carbocycles. The van der Waals surface area contributed by atoms with Crippen LogP contribution in [0.25, 0.3) is 0 Å². The minimum absolute atomic E-state index is 0.432. The summed E-state index contributed by atoms with van der Waals surface area (Å²) in [5, 5.41) is 3.57. The van der Waals surface area contributed by atoms with E-state index in [1.807, 2.05) is 0 Å². The van der Waals surface area contributed by atoms with Crippen LogP contribution in [0.2, 0.25) is 0 Å². The average Bonchev–Trinajstić information content (AvgIpc) is 3.21.